The fourth-order valence-corrected chi connectivity index (χ4v) is 4.00. The van der Waals surface area contributed by atoms with Crippen molar-refractivity contribution in [3.8, 4) is 0 Å². The van der Waals surface area contributed by atoms with E-state index in [2.05, 4.69) is 12.2 Å². The SMILES string of the molecule is CCC1(CN2CCC(=O)NC(C3CCCCC3)C2=O)CC1. The van der Waals surface area contributed by atoms with E-state index in [1.807, 2.05) is 4.90 Å². The highest BCUT2D eigenvalue weighted by Gasteiger charge is 2.45. The summed E-state index contributed by atoms with van der Waals surface area (Å²) in [5.74, 6) is 0.600. The van der Waals surface area contributed by atoms with Gasteiger partial charge in [-0.2, -0.15) is 0 Å². The molecule has 1 unspecified atom stereocenters. The van der Waals surface area contributed by atoms with Gasteiger partial charge < -0.3 is 10.2 Å². The van der Waals surface area contributed by atoms with E-state index in [0.29, 0.717) is 24.3 Å². The lowest BCUT2D eigenvalue weighted by molar-refractivity contribution is -0.136. The third-order valence-electron chi connectivity index (χ3n) is 5.86. The van der Waals surface area contributed by atoms with Gasteiger partial charge >= 0.3 is 0 Å². The van der Waals surface area contributed by atoms with E-state index in [0.717, 1.165) is 25.8 Å². The summed E-state index contributed by atoms with van der Waals surface area (Å²) in [5.41, 5.74) is 0.361. The van der Waals surface area contributed by atoms with Gasteiger partial charge in [-0.3, -0.25) is 9.59 Å². The Morgan fingerprint density at radius 2 is 1.90 bits per heavy atom. The van der Waals surface area contributed by atoms with Crippen molar-refractivity contribution in [1.29, 1.82) is 0 Å². The maximum atomic E-state index is 12.9. The van der Waals surface area contributed by atoms with Crippen molar-refractivity contribution in [1.82, 2.24) is 10.2 Å². The summed E-state index contributed by atoms with van der Waals surface area (Å²) in [6, 6.07) is -0.257. The minimum absolute atomic E-state index is 0.0581. The van der Waals surface area contributed by atoms with Crippen LogP contribution in [0.3, 0.4) is 0 Å². The Bertz CT molecular complexity index is 411. The molecule has 1 saturated heterocycles. The molecule has 4 nitrogen and oxygen atoms in total. The van der Waals surface area contributed by atoms with Crippen LogP contribution in [0.1, 0.15) is 64.7 Å². The van der Waals surface area contributed by atoms with Crippen molar-refractivity contribution in [3.05, 3.63) is 0 Å². The molecule has 3 fully saturated rings. The van der Waals surface area contributed by atoms with Gasteiger partial charge in [0.05, 0.1) is 0 Å². The van der Waals surface area contributed by atoms with Crippen molar-refractivity contribution < 1.29 is 9.59 Å². The Morgan fingerprint density at radius 3 is 2.52 bits per heavy atom. The molecule has 2 aliphatic carbocycles. The zero-order chi connectivity index (χ0) is 14.9. The monoisotopic (exact) mass is 292 g/mol. The van der Waals surface area contributed by atoms with Crippen molar-refractivity contribution in [2.45, 2.75) is 70.8 Å². The molecule has 0 aromatic heterocycles. The maximum absolute atomic E-state index is 12.9. The lowest BCUT2D eigenvalue weighted by atomic mass is 9.83. The van der Waals surface area contributed by atoms with Gasteiger partial charge in [0.2, 0.25) is 11.8 Å². The Morgan fingerprint density at radius 1 is 1.19 bits per heavy atom. The molecule has 118 valence electrons. The number of carbonyl (C=O) groups excluding carboxylic acids is 2. The molecule has 21 heavy (non-hydrogen) atoms. The van der Waals surface area contributed by atoms with Crippen LogP contribution in [-0.4, -0.2) is 35.8 Å². The molecule has 3 aliphatic rings. The maximum Gasteiger partial charge on any atom is 0.245 e. The lowest BCUT2D eigenvalue weighted by Gasteiger charge is -2.33. The smallest absolute Gasteiger partial charge is 0.245 e. The van der Waals surface area contributed by atoms with E-state index in [9.17, 15) is 9.59 Å². The van der Waals surface area contributed by atoms with Crippen LogP contribution in [0.5, 0.6) is 0 Å². The number of carbonyl (C=O) groups is 2. The van der Waals surface area contributed by atoms with Gasteiger partial charge in [-0.25, -0.2) is 0 Å². The average molecular weight is 292 g/mol. The number of hydrogen-bond donors (Lipinski definition) is 1. The van der Waals surface area contributed by atoms with E-state index in [-0.39, 0.29) is 17.9 Å². The first-order valence-electron chi connectivity index (χ1n) is 8.72. The Hall–Kier alpha value is -1.06. The molecular weight excluding hydrogens is 264 g/mol. The van der Waals surface area contributed by atoms with E-state index in [1.165, 1.54) is 32.1 Å². The van der Waals surface area contributed by atoms with Gasteiger partial charge in [0, 0.05) is 19.5 Å². The van der Waals surface area contributed by atoms with Crippen LogP contribution in [0.2, 0.25) is 0 Å². The number of amides is 2. The van der Waals surface area contributed by atoms with E-state index < -0.39 is 0 Å². The molecule has 0 spiro atoms. The summed E-state index contributed by atoms with van der Waals surface area (Å²) in [6.45, 7) is 3.69. The quantitative estimate of drug-likeness (QED) is 0.865. The second-order valence-corrected chi connectivity index (χ2v) is 7.31. The normalized spacial score (nSPS) is 30.0. The van der Waals surface area contributed by atoms with Crippen molar-refractivity contribution >= 4 is 11.8 Å². The minimum Gasteiger partial charge on any atom is -0.344 e. The Kier molecular flexibility index (Phi) is 4.23. The zero-order valence-electron chi connectivity index (χ0n) is 13.2. The predicted octanol–water partition coefficient (Wildman–Crippen LogP) is 2.47. The molecule has 0 bridgehead atoms. The first-order chi connectivity index (χ1) is 10.1. The largest absolute Gasteiger partial charge is 0.344 e. The molecule has 1 N–H and O–H groups in total. The summed E-state index contributed by atoms with van der Waals surface area (Å²) in [7, 11) is 0. The van der Waals surface area contributed by atoms with Crippen LogP contribution in [0.15, 0.2) is 0 Å². The molecular formula is C17H28N2O2. The highest BCUT2D eigenvalue weighted by Crippen LogP contribution is 2.49. The van der Waals surface area contributed by atoms with Crippen molar-refractivity contribution in [2.75, 3.05) is 13.1 Å². The molecule has 1 atom stereocenters. The van der Waals surface area contributed by atoms with E-state index in [4.69, 9.17) is 0 Å². The lowest BCUT2D eigenvalue weighted by Crippen LogP contribution is -2.50. The van der Waals surface area contributed by atoms with Gasteiger partial charge in [-0.1, -0.05) is 26.2 Å². The molecule has 0 radical (unpaired) electrons. The van der Waals surface area contributed by atoms with Crippen LogP contribution < -0.4 is 5.32 Å². The molecule has 2 saturated carbocycles. The standard InChI is InChI=1S/C17H28N2O2/c1-2-17(9-10-17)12-19-11-8-14(20)18-15(16(19)21)13-6-4-3-5-7-13/h13,15H,2-12H2,1H3,(H,18,20). The molecule has 3 rings (SSSR count). The fraction of sp³-hybridized carbons (Fsp3) is 0.882. The molecule has 4 heteroatoms. The number of hydrogen-bond acceptors (Lipinski definition) is 2. The zero-order valence-corrected chi connectivity index (χ0v) is 13.2. The Balaban J connectivity index is 1.72. The van der Waals surface area contributed by atoms with Crippen molar-refractivity contribution in [2.24, 2.45) is 11.3 Å². The summed E-state index contributed by atoms with van der Waals surface area (Å²) < 4.78 is 0. The third kappa shape index (κ3) is 3.24. The summed E-state index contributed by atoms with van der Waals surface area (Å²) in [4.78, 5) is 26.9. The number of nitrogens with zero attached hydrogens (tertiary/aromatic N) is 1. The van der Waals surface area contributed by atoms with Crippen LogP contribution in [0.25, 0.3) is 0 Å². The van der Waals surface area contributed by atoms with Crippen molar-refractivity contribution in [3.63, 3.8) is 0 Å². The fourth-order valence-electron chi connectivity index (χ4n) is 4.00. The number of rotatable bonds is 4. The predicted molar refractivity (Wildman–Crippen MR) is 81.7 cm³/mol. The average Bonchev–Trinajstić information content (AvgIpc) is 3.30. The van der Waals surface area contributed by atoms with Gasteiger partial charge in [-0.15, -0.1) is 0 Å². The molecule has 0 aromatic carbocycles. The van der Waals surface area contributed by atoms with E-state index >= 15 is 0 Å². The summed E-state index contributed by atoms with van der Waals surface area (Å²) in [6.07, 6.45) is 9.93. The van der Waals surface area contributed by atoms with Crippen LogP contribution in [0.4, 0.5) is 0 Å². The molecule has 1 heterocycles. The third-order valence-corrected chi connectivity index (χ3v) is 5.86. The highest BCUT2D eigenvalue weighted by atomic mass is 16.2. The molecule has 2 amide bonds. The van der Waals surface area contributed by atoms with Gasteiger partial charge in [-0.05, 0) is 43.4 Å². The first kappa shape index (κ1) is 14.9. The second-order valence-electron chi connectivity index (χ2n) is 7.31. The minimum atomic E-state index is -0.257. The van der Waals surface area contributed by atoms with Crippen LogP contribution >= 0.6 is 0 Å². The second kappa shape index (κ2) is 5.98. The van der Waals surface area contributed by atoms with Crippen LogP contribution in [0, 0.1) is 11.3 Å². The summed E-state index contributed by atoms with van der Waals surface area (Å²) in [5, 5.41) is 3.02. The van der Waals surface area contributed by atoms with Gasteiger partial charge in [0.1, 0.15) is 6.04 Å². The number of nitrogens with one attached hydrogen (secondary N) is 1. The van der Waals surface area contributed by atoms with Gasteiger partial charge in [0.15, 0.2) is 0 Å². The van der Waals surface area contributed by atoms with Crippen LogP contribution in [-0.2, 0) is 9.59 Å². The first-order valence-corrected chi connectivity index (χ1v) is 8.72. The van der Waals surface area contributed by atoms with Gasteiger partial charge in [0.25, 0.3) is 0 Å². The molecule has 1 aliphatic heterocycles. The Labute approximate surface area is 127 Å². The van der Waals surface area contributed by atoms with E-state index in [1.54, 1.807) is 0 Å². The summed E-state index contributed by atoms with van der Waals surface area (Å²) >= 11 is 0. The highest BCUT2D eigenvalue weighted by molar-refractivity contribution is 5.90. The molecule has 0 aromatic rings. The topological polar surface area (TPSA) is 49.4 Å².